The normalized spacial score (nSPS) is 12.7. The molecule has 0 saturated heterocycles. The highest BCUT2D eigenvalue weighted by molar-refractivity contribution is 5.43. The highest BCUT2D eigenvalue weighted by Crippen LogP contribution is 2.35. The molecule has 0 aromatic heterocycles. The van der Waals surface area contributed by atoms with E-state index in [0.717, 1.165) is 5.92 Å². The van der Waals surface area contributed by atoms with Crippen molar-refractivity contribution in [2.75, 3.05) is 0 Å². The molecule has 1 rings (SSSR count). The first-order valence-electron chi connectivity index (χ1n) is 9.68. The maximum atomic E-state index is 2.51. The van der Waals surface area contributed by atoms with Gasteiger partial charge in [-0.25, -0.2) is 0 Å². The summed E-state index contributed by atoms with van der Waals surface area (Å²) in [7, 11) is 0. The van der Waals surface area contributed by atoms with E-state index >= 15 is 0 Å². The average Bonchev–Trinajstić information content (AvgIpc) is 2.39. The number of rotatable bonds is 8. The zero-order chi connectivity index (χ0) is 17.8. The molecule has 0 atom stereocenters. The van der Waals surface area contributed by atoms with Crippen LogP contribution in [0.15, 0.2) is 12.1 Å². The summed E-state index contributed by atoms with van der Waals surface area (Å²) < 4.78 is 0. The van der Waals surface area contributed by atoms with E-state index in [1.165, 1.54) is 31.2 Å². The first kappa shape index (κ1) is 20.3. The smallest absolute Gasteiger partial charge is 0.0103 e. The number of hydrogen-bond acceptors (Lipinski definition) is 0. The Bertz CT molecular complexity index is 489. The van der Waals surface area contributed by atoms with E-state index in [9.17, 15) is 0 Å². The SMILES string of the molecule is Cc1c(CC(C)C)cc(C(C)(C)CCCC(C)C)cc1C(C)C. The molecule has 0 aliphatic carbocycles. The molecule has 0 aliphatic heterocycles. The molecule has 0 unspecified atom stereocenters. The van der Waals surface area contributed by atoms with Crippen LogP contribution in [0.4, 0.5) is 0 Å². The molecule has 0 amide bonds. The molecule has 0 heteroatoms. The molecule has 132 valence electrons. The summed E-state index contributed by atoms with van der Waals surface area (Å²) in [6.45, 7) is 21.2. The van der Waals surface area contributed by atoms with Crippen molar-refractivity contribution in [1.82, 2.24) is 0 Å². The van der Waals surface area contributed by atoms with Crippen LogP contribution in [0, 0.1) is 18.8 Å². The van der Waals surface area contributed by atoms with Crippen molar-refractivity contribution < 1.29 is 0 Å². The molecule has 1 aromatic rings. The molecule has 0 heterocycles. The molecule has 23 heavy (non-hydrogen) atoms. The quantitative estimate of drug-likeness (QED) is 0.468. The van der Waals surface area contributed by atoms with Gasteiger partial charge in [0.15, 0.2) is 0 Å². The van der Waals surface area contributed by atoms with E-state index in [4.69, 9.17) is 0 Å². The Kier molecular flexibility index (Phi) is 7.36. The standard InChI is InChI=1S/C23H40/c1-16(2)11-10-12-23(8,9)21-14-20(13-17(3)4)19(7)22(15-21)18(5)6/h14-18H,10-13H2,1-9H3. The second-order valence-electron chi connectivity index (χ2n) is 9.27. The average molecular weight is 317 g/mol. The van der Waals surface area contributed by atoms with E-state index in [-0.39, 0.29) is 5.41 Å². The van der Waals surface area contributed by atoms with Crippen molar-refractivity contribution in [3.8, 4) is 0 Å². The highest BCUT2D eigenvalue weighted by Gasteiger charge is 2.23. The summed E-state index contributed by atoms with van der Waals surface area (Å²) in [4.78, 5) is 0. The number of benzene rings is 1. The van der Waals surface area contributed by atoms with Crippen LogP contribution in [0.3, 0.4) is 0 Å². The molecule has 0 aliphatic rings. The third-order valence-electron chi connectivity index (χ3n) is 5.17. The van der Waals surface area contributed by atoms with E-state index in [2.05, 4.69) is 74.4 Å². The van der Waals surface area contributed by atoms with Gasteiger partial charge in [-0.05, 0) is 65.2 Å². The summed E-state index contributed by atoms with van der Waals surface area (Å²) in [6.07, 6.45) is 5.15. The molecule has 0 fully saturated rings. The third-order valence-corrected chi connectivity index (χ3v) is 5.17. The van der Waals surface area contributed by atoms with Crippen molar-refractivity contribution in [2.45, 2.75) is 99.3 Å². The third kappa shape index (κ3) is 5.98. The molecule has 0 bridgehead atoms. The summed E-state index contributed by atoms with van der Waals surface area (Å²) in [5.41, 5.74) is 6.47. The van der Waals surface area contributed by atoms with Crippen LogP contribution in [0.5, 0.6) is 0 Å². The van der Waals surface area contributed by atoms with Crippen LogP contribution >= 0.6 is 0 Å². The van der Waals surface area contributed by atoms with Crippen LogP contribution in [-0.4, -0.2) is 0 Å². The lowest BCUT2D eigenvalue weighted by atomic mass is 9.76. The van der Waals surface area contributed by atoms with Gasteiger partial charge in [-0.15, -0.1) is 0 Å². The van der Waals surface area contributed by atoms with Crippen LogP contribution in [0.1, 0.15) is 103 Å². The Hall–Kier alpha value is -0.780. The maximum absolute atomic E-state index is 2.51. The second kappa shape index (κ2) is 8.36. The van der Waals surface area contributed by atoms with Crippen molar-refractivity contribution in [3.05, 3.63) is 34.4 Å². The fourth-order valence-electron chi connectivity index (χ4n) is 3.54. The largest absolute Gasteiger partial charge is 0.0628 e. The minimum atomic E-state index is 0.276. The summed E-state index contributed by atoms with van der Waals surface area (Å²) in [5.74, 6) is 2.13. The molecule has 0 radical (unpaired) electrons. The van der Waals surface area contributed by atoms with Gasteiger partial charge in [0.05, 0.1) is 0 Å². The Morgan fingerprint density at radius 1 is 0.913 bits per heavy atom. The minimum Gasteiger partial charge on any atom is -0.0628 e. The highest BCUT2D eigenvalue weighted by atomic mass is 14.3. The second-order valence-corrected chi connectivity index (χ2v) is 9.27. The molecular formula is C23H40. The molecule has 0 nitrogen and oxygen atoms in total. The van der Waals surface area contributed by atoms with Crippen molar-refractivity contribution in [1.29, 1.82) is 0 Å². The summed E-state index contributed by atoms with van der Waals surface area (Å²) in [6, 6.07) is 5.01. The zero-order valence-electron chi connectivity index (χ0n) is 17.2. The first-order chi connectivity index (χ1) is 10.5. The molecule has 0 spiro atoms. The minimum absolute atomic E-state index is 0.276. The topological polar surface area (TPSA) is 0 Å². The lowest BCUT2D eigenvalue weighted by Crippen LogP contribution is -2.19. The van der Waals surface area contributed by atoms with Gasteiger partial charge in [0.1, 0.15) is 0 Å². The molecular weight excluding hydrogens is 276 g/mol. The summed E-state index contributed by atoms with van der Waals surface area (Å²) >= 11 is 0. The first-order valence-corrected chi connectivity index (χ1v) is 9.68. The predicted molar refractivity (Wildman–Crippen MR) is 106 cm³/mol. The van der Waals surface area contributed by atoms with Gasteiger partial charge < -0.3 is 0 Å². The monoisotopic (exact) mass is 316 g/mol. The summed E-state index contributed by atoms with van der Waals surface area (Å²) in [5, 5.41) is 0. The van der Waals surface area contributed by atoms with Gasteiger partial charge in [-0.2, -0.15) is 0 Å². The Morgan fingerprint density at radius 2 is 1.52 bits per heavy atom. The van der Waals surface area contributed by atoms with Crippen molar-refractivity contribution in [2.24, 2.45) is 11.8 Å². The zero-order valence-corrected chi connectivity index (χ0v) is 17.2. The molecule has 0 N–H and O–H groups in total. The lowest BCUT2D eigenvalue weighted by molar-refractivity contribution is 0.423. The number of hydrogen-bond donors (Lipinski definition) is 0. The van der Waals surface area contributed by atoms with Gasteiger partial charge in [-0.1, -0.05) is 80.4 Å². The van der Waals surface area contributed by atoms with Crippen LogP contribution in [0.25, 0.3) is 0 Å². The maximum Gasteiger partial charge on any atom is -0.0103 e. The van der Waals surface area contributed by atoms with E-state index < -0.39 is 0 Å². The van der Waals surface area contributed by atoms with E-state index in [1.807, 2.05) is 0 Å². The van der Waals surface area contributed by atoms with E-state index in [0.29, 0.717) is 11.8 Å². The van der Waals surface area contributed by atoms with Gasteiger partial charge in [0.25, 0.3) is 0 Å². The lowest BCUT2D eigenvalue weighted by Gasteiger charge is -2.29. The Morgan fingerprint density at radius 3 is 2.00 bits per heavy atom. The fourth-order valence-corrected chi connectivity index (χ4v) is 3.54. The van der Waals surface area contributed by atoms with Gasteiger partial charge in [0.2, 0.25) is 0 Å². The van der Waals surface area contributed by atoms with Gasteiger partial charge in [-0.3, -0.25) is 0 Å². The van der Waals surface area contributed by atoms with Gasteiger partial charge >= 0.3 is 0 Å². The van der Waals surface area contributed by atoms with Gasteiger partial charge in [0, 0.05) is 0 Å². The fraction of sp³-hybridized carbons (Fsp3) is 0.739. The predicted octanol–water partition coefficient (Wildman–Crippen LogP) is 7.42. The Balaban J connectivity index is 3.15. The van der Waals surface area contributed by atoms with Crippen LogP contribution in [0.2, 0.25) is 0 Å². The molecule has 1 aromatic carbocycles. The van der Waals surface area contributed by atoms with Crippen molar-refractivity contribution in [3.63, 3.8) is 0 Å². The van der Waals surface area contributed by atoms with Crippen LogP contribution < -0.4 is 0 Å². The van der Waals surface area contributed by atoms with Crippen molar-refractivity contribution >= 4 is 0 Å². The van der Waals surface area contributed by atoms with Crippen LogP contribution in [-0.2, 0) is 11.8 Å². The van der Waals surface area contributed by atoms with E-state index in [1.54, 1.807) is 16.7 Å². The Labute approximate surface area is 146 Å². The molecule has 0 saturated carbocycles.